The quantitative estimate of drug-likeness (QED) is 0.185. The molecule has 2 aromatic carbocycles. The third-order valence-electron chi connectivity index (χ3n) is 6.58. The molecule has 0 bridgehead atoms. The van der Waals surface area contributed by atoms with Crippen molar-refractivity contribution in [1.82, 2.24) is 9.97 Å². The monoisotopic (exact) mass is 651 g/mol. The molecule has 1 radical (unpaired) electrons. The van der Waals surface area contributed by atoms with Gasteiger partial charge in [-0.2, -0.15) is 0 Å². The van der Waals surface area contributed by atoms with Gasteiger partial charge in [-0.25, -0.2) is 0 Å². The zero-order valence-electron chi connectivity index (χ0n) is 21.0. The van der Waals surface area contributed by atoms with Crippen LogP contribution in [0.4, 0.5) is 0 Å². The van der Waals surface area contributed by atoms with Crippen molar-refractivity contribution in [3.8, 4) is 22.5 Å². The van der Waals surface area contributed by atoms with Gasteiger partial charge in [0, 0.05) is 38.9 Å². The SMILES string of the molecule is Cc1c[c-]c(-c2ccc(C(C)C)cn2)c2oc3c(c12)CCCC3.[Ir].[c-]1ccccc1-c1ccccn1. The first-order chi connectivity index (χ1) is 17.1. The Morgan fingerprint density at radius 1 is 0.889 bits per heavy atom. The standard InChI is InChI=1S/C21H22NO.C11H8N.Ir/c1-13(2)15-9-11-18(22-12-15)16-10-8-14(3)20-17-6-4-5-7-19(17)23-21(16)20;1-2-6-10(7-3-1)11-8-4-5-9-12-11;/h8-9,11-13H,4-7H2,1-3H3;1-6,8-9H;/q2*-1;. The number of fused-ring (bicyclic) bond motifs is 3. The third kappa shape index (κ3) is 5.51. The summed E-state index contributed by atoms with van der Waals surface area (Å²) in [6.07, 6.45) is 8.44. The third-order valence-corrected chi connectivity index (χ3v) is 6.58. The molecule has 185 valence electrons. The van der Waals surface area contributed by atoms with Crippen LogP contribution in [0.15, 0.2) is 77.5 Å². The van der Waals surface area contributed by atoms with Crippen LogP contribution in [0.5, 0.6) is 0 Å². The van der Waals surface area contributed by atoms with Crippen LogP contribution in [0.25, 0.3) is 33.5 Å². The maximum absolute atomic E-state index is 6.26. The number of aryl methyl sites for hydroxylation is 3. The predicted molar refractivity (Wildman–Crippen MR) is 142 cm³/mol. The first kappa shape index (κ1) is 26.0. The van der Waals surface area contributed by atoms with Gasteiger partial charge in [0.1, 0.15) is 0 Å². The Balaban J connectivity index is 0.000000198. The van der Waals surface area contributed by atoms with Gasteiger partial charge in [0.2, 0.25) is 0 Å². The molecule has 6 rings (SSSR count). The molecule has 0 unspecified atom stereocenters. The second-order valence-corrected chi connectivity index (χ2v) is 9.38. The number of benzene rings is 2. The summed E-state index contributed by atoms with van der Waals surface area (Å²) in [7, 11) is 0. The maximum Gasteiger partial charge on any atom is 0.0930 e. The molecule has 0 saturated carbocycles. The molecule has 1 aliphatic carbocycles. The van der Waals surface area contributed by atoms with Gasteiger partial charge in [0.05, 0.1) is 11.3 Å². The minimum atomic E-state index is 0. The Bertz CT molecular complexity index is 1370. The number of nitrogens with zero attached hydrogens (tertiary/aromatic N) is 2. The van der Waals surface area contributed by atoms with Gasteiger partial charge in [0.15, 0.2) is 0 Å². The number of aromatic nitrogens is 2. The summed E-state index contributed by atoms with van der Waals surface area (Å²) in [6.45, 7) is 6.53. The molecule has 1 aliphatic rings. The molecular formula is C32H30IrN2O-2. The topological polar surface area (TPSA) is 38.9 Å². The van der Waals surface area contributed by atoms with Crippen LogP contribution >= 0.6 is 0 Å². The van der Waals surface area contributed by atoms with Crippen LogP contribution in [0.3, 0.4) is 0 Å². The second kappa shape index (κ2) is 11.8. The molecule has 0 N–H and O–H groups in total. The van der Waals surface area contributed by atoms with Crippen LogP contribution in [-0.2, 0) is 32.9 Å². The van der Waals surface area contributed by atoms with E-state index in [0.29, 0.717) is 5.92 Å². The molecule has 5 aromatic rings. The van der Waals surface area contributed by atoms with Crippen molar-refractivity contribution in [2.45, 2.75) is 52.4 Å². The van der Waals surface area contributed by atoms with E-state index in [-0.39, 0.29) is 20.1 Å². The normalized spacial score (nSPS) is 12.4. The van der Waals surface area contributed by atoms with Crippen molar-refractivity contribution in [1.29, 1.82) is 0 Å². The van der Waals surface area contributed by atoms with Gasteiger partial charge in [-0.05, 0) is 53.8 Å². The molecule has 0 atom stereocenters. The van der Waals surface area contributed by atoms with Crippen molar-refractivity contribution in [3.05, 3.63) is 108 Å². The fourth-order valence-corrected chi connectivity index (χ4v) is 4.64. The zero-order valence-corrected chi connectivity index (χ0v) is 23.4. The average molecular weight is 651 g/mol. The zero-order chi connectivity index (χ0) is 24.2. The van der Waals surface area contributed by atoms with Crippen LogP contribution in [-0.4, -0.2) is 9.97 Å². The fraction of sp³-hybridized carbons (Fsp3) is 0.250. The molecule has 0 saturated heterocycles. The first-order valence-corrected chi connectivity index (χ1v) is 12.4. The van der Waals surface area contributed by atoms with E-state index in [1.54, 1.807) is 6.20 Å². The van der Waals surface area contributed by atoms with Crippen LogP contribution in [0.2, 0.25) is 0 Å². The van der Waals surface area contributed by atoms with Gasteiger partial charge < -0.3 is 14.4 Å². The number of hydrogen-bond donors (Lipinski definition) is 0. The number of hydrogen-bond acceptors (Lipinski definition) is 3. The van der Waals surface area contributed by atoms with Gasteiger partial charge in [-0.15, -0.1) is 53.6 Å². The molecule has 0 fully saturated rings. The van der Waals surface area contributed by atoms with Crippen molar-refractivity contribution in [2.75, 3.05) is 0 Å². The molecule has 4 heteroatoms. The van der Waals surface area contributed by atoms with E-state index < -0.39 is 0 Å². The summed E-state index contributed by atoms with van der Waals surface area (Å²) >= 11 is 0. The summed E-state index contributed by atoms with van der Waals surface area (Å²) in [4.78, 5) is 8.88. The Kier molecular flexibility index (Phi) is 8.51. The molecular weight excluding hydrogens is 621 g/mol. The Morgan fingerprint density at radius 3 is 2.42 bits per heavy atom. The van der Waals surface area contributed by atoms with E-state index in [4.69, 9.17) is 4.42 Å². The average Bonchev–Trinajstić information content (AvgIpc) is 3.31. The van der Waals surface area contributed by atoms with Gasteiger partial charge in [0.25, 0.3) is 0 Å². The van der Waals surface area contributed by atoms with Crippen LogP contribution in [0, 0.1) is 19.1 Å². The van der Waals surface area contributed by atoms with E-state index in [0.717, 1.165) is 40.9 Å². The van der Waals surface area contributed by atoms with E-state index in [9.17, 15) is 0 Å². The Hall–Kier alpha value is -3.07. The number of pyridine rings is 2. The molecule has 0 amide bonds. The first-order valence-electron chi connectivity index (χ1n) is 12.4. The second-order valence-electron chi connectivity index (χ2n) is 9.38. The number of furan rings is 1. The molecule has 3 nitrogen and oxygen atoms in total. The molecule has 36 heavy (non-hydrogen) atoms. The predicted octanol–water partition coefficient (Wildman–Crippen LogP) is 8.15. The molecule has 3 heterocycles. The van der Waals surface area contributed by atoms with Crippen molar-refractivity contribution < 1.29 is 24.5 Å². The summed E-state index contributed by atoms with van der Waals surface area (Å²) in [5, 5.41) is 1.29. The fourth-order valence-electron chi connectivity index (χ4n) is 4.64. The maximum atomic E-state index is 6.26. The van der Waals surface area contributed by atoms with Crippen molar-refractivity contribution in [3.63, 3.8) is 0 Å². The van der Waals surface area contributed by atoms with Gasteiger partial charge in [-0.3, -0.25) is 0 Å². The van der Waals surface area contributed by atoms with Gasteiger partial charge in [-0.1, -0.05) is 56.0 Å². The number of rotatable bonds is 3. The minimum absolute atomic E-state index is 0. The Morgan fingerprint density at radius 2 is 1.72 bits per heavy atom. The summed E-state index contributed by atoms with van der Waals surface area (Å²) in [5.41, 5.74) is 8.86. The minimum Gasteiger partial charge on any atom is -0.505 e. The van der Waals surface area contributed by atoms with Crippen LogP contribution < -0.4 is 0 Å². The molecule has 0 spiro atoms. The molecule has 3 aromatic heterocycles. The van der Waals surface area contributed by atoms with Crippen molar-refractivity contribution in [2.24, 2.45) is 0 Å². The largest absolute Gasteiger partial charge is 0.505 e. The summed E-state index contributed by atoms with van der Waals surface area (Å²) < 4.78 is 6.26. The smallest absolute Gasteiger partial charge is 0.0930 e. The van der Waals surface area contributed by atoms with E-state index in [1.165, 1.54) is 40.7 Å². The van der Waals surface area contributed by atoms with E-state index >= 15 is 0 Å². The van der Waals surface area contributed by atoms with E-state index in [2.05, 4.69) is 61.1 Å². The summed E-state index contributed by atoms with van der Waals surface area (Å²) in [5.74, 6) is 1.67. The molecule has 0 aliphatic heterocycles. The summed E-state index contributed by atoms with van der Waals surface area (Å²) in [6, 6.07) is 26.6. The Labute approximate surface area is 227 Å². The van der Waals surface area contributed by atoms with Crippen molar-refractivity contribution >= 4 is 11.0 Å². The van der Waals surface area contributed by atoms with E-state index in [1.807, 2.05) is 48.7 Å². The van der Waals surface area contributed by atoms with Gasteiger partial charge >= 0.3 is 0 Å². The van der Waals surface area contributed by atoms with Crippen LogP contribution in [0.1, 0.15) is 55.1 Å².